The van der Waals surface area contributed by atoms with Crippen molar-refractivity contribution in [3.8, 4) is 0 Å². The number of nitrogens with one attached hydrogen (secondary N) is 2. The second kappa shape index (κ2) is 7.97. The molecule has 1 fully saturated rings. The van der Waals surface area contributed by atoms with Crippen LogP contribution >= 0.6 is 11.3 Å². The summed E-state index contributed by atoms with van der Waals surface area (Å²) in [7, 11) is -3.37. The van der Waals surface area contributed by atoms with Crippen LogP contribution in [0.3, 0.4) is 0 Å². The monoisotopic (exact) mass is 480 g/mol. The van der Waals surface area contributed by atoms with E-state index < -0.39 is 10.0 Å². The van der Waals surface area contributed by atoms with Gasteiger partial charge in [0.15, 0.2) is 0 Å². The Labute approximate surface area is 195 Å². The summed E-state index contributed by atoms with van der Waals surface area (Å²) < 4.78 is 39.6. The van der Waals surface area contributed by atoms with Gasteiger partial charge in [0.2, 0.25) is 10.0 Å². The predicted octanol–water partition coefficient (Wildman–Crippen LogP) is 5.74. The van der Waals surface area contributed by atoms with Crippen LogP contribution in [0, 0.1) is 5.82 Å². The molecule has 0 saturated heterocycles. The van der Waals surface area contributed by atoms with E-state index in [4.69, 9.17) is 0 Å². The molecular weight excluding hydrogens is 459 g/mol. The summed E-state index contributed by atoms with van der Waals surface area (Å²) in [6.45, 7) is 0. The Morgan fingerprint density at radius 3 is 2.39 bits per heavy atom. The molecule has 0 bridgehead atoms. The smallest absolute Gasteiger partial charge is 0.265 e. The molecule has 1 amide bonds. The summed E-state index contributed by atoms with van der Waals surface area (Å²) in [5, 5.41) is 3.77. The van der Waals surface area contributed by atoms with E-state index in [0.29, 0.717) is 16.3 Å². The van der Waals surface area contributed by atoms with Gasteiger partial charge in [-0.2, -0.15) is 0 Å². The standard InChI is InChI=1S/C25H21FN2O3S2/c1-33(30,31)28-21-9-10-22-16(13-21)14-23(32-22)24(29)27-20-4-2-3-18(15-20)25(11-12-25)17-5-7-19(26)8-6-17/h2-10,13-15,28H,11-12H2,1H3,(H,27,29). The molecule has 4 aromatic rings. The number of halogens is 1. The van der Waals surface area contributed by atoms with Gasteiger partial charge in [-0.1, -0.05) is 24.3 Å². The summed E-state index contributed by atoms with van der Waals surface area (Å²) in [5.41, 5.74) is 3.20. The summed E-state index contributed by atoms with van der Waals surface area (Å²) in [6.07, 6.45) is 3.06. The van der Waals surface area contributed by atoms with Crippen LogP contribution in [-0.2, 0) is 15.4 Å². The zero-order chi connectivity index (χ0) is 23.2. The Morgan fingerprint density at radius 1 is 0.939 bits per heavy atom. The van der Waals surface area contributed by atoms with Crippen LogP contribution in [-0.4, -0.2) is 20.6 Å². The van der Waals surface area contributed by atoms with Gasteiger partial charge in [0, 0.05) is 21.5 Å². The number of rotatable bonds is 6. The first-order valence-electron chi connectivity index (χ1n) is 10.4. The van der Waals surface area contributed by atoms with E-state index in [9.17, 15) is 17.6 Å². The predicted molar refractivity (Wildman–Crippen MR) is 131 cm³/mol. The lowest BCUT2D eigenvalue weighted by atomic mass is 9.88. The Morgan fingerprint density at radius 2 is 1.70 bits per heavy atom. The molecule has 5 nitrogen and oxygen atoms in total. The molecule has 8 heteroatoms. The first kappa shape index (κ1) is 21.6. The lowest BCUT2D eigenvalue weighted by Crippen LogP contribution is -2.12. The van der Waals surface area contributed by atoms with Crippen molar-refractivity contribution < 1.29 is 17.6 Å². The molecule has 1 heterocycles. The van der Waals surface area contributed by atoms with Crippen LogP contribution in [0.15, 0.2) is 72.8 Å². The number of anilines is 2. The number of fused-ring (bicyclic) bond motifs is 1. The Kier molecular flexibility index (Phi) is 5.22. The van der Waals surface area contributed by atoms with Crippen LogP contribution < -0.4 is 10.0 Å². The highest BCUT2D eigenvalue weighted by atomic mass is 32.2. The maximum Gasteiger partial charge on any atom is 0.265 e. The molecule has 0 spiro atoms. The highest BCUT2D eigenvalue weighted by Crippen LogP contribution is 2.53. The van der Waals surface area contributed by atoms with E-state index in [1.54, 1.807) is 24.3 Å². The lowest BCUT2D eigenvalue weighted by Gasteiger charge is -2.17. The Bertz CT molecular complexity index is 1470. The second-order valence-electron chi connectivity index (χ2n) is 8.36. The first-order valence-corrected chi connectivity index (χ1v) is 13.1. The lowest BCUT2D eigenvalue weighted by molar-refractivity contribution is 0.103. The quantitative estimate of drug-likeness (QED) is 0.369. The fourth-order valence-electron chi connectivity index (χ4n) is 4.16. The molecular formula is C25H21FN2O3S2. The zero-order valence-electron chi connectivity index (χ0n) is 17.8. The zero-order valence-corrected chi connectivity index (χ0v) is 19.4. The molecule has 168 valence electrons. The van der Waals surface area contributed by atoms with Gasteiger partial charge in [-0.3, -0.25) is 9.52 Å². The molecule has 0 aliphatic heterocycles. The minimum atomic E-state index is -3.37. The number of carbonyl (C=O) groups excluding carboxylic acids is 1. The van der Waals surface area contributed by atoms with E-state index in [1.807, 2.05) is 36.4 Å². The van der Waals surface area contributed by atoms with Gasteiger partial charge in [-0.25, -0.2) is 12.8 Å². The SMILES string of the molecule is CS(=O)(=O)Nc1ccc2sc(C(=O)Nc3cccc(C4(c5ccc(F)cc5)CC4)c3)cc2c1. The third kappa shape index (κ3) is 4.49. The summed E-state index contributed by atoms with van der Waals surface area (Å²) >= 11 is 1.35. The minimum absolute atomic E-state index is 0.130. The Balaban J connectivity index is 1.37. The van der Waals surface area contributed by atoms with Crippen LogP contribution in [0.4, 0.5) is 15.8 Å². The van der Waals surface area contributed by atoms with Gasteiger partial charge >= 0.3 is 0 Å². The molecule has 2 N–H and O–H groups in total. The third-order valence-corrected chi connectivity index (χ3v) is 7.58. The van der Waals surface area contributed by atoms with E-state index in [-0.39, 0.29) is 17.1 Å². The van der Waals surface area contributed by atoms with Crippen molar-refractivity contribution in [3.63, 3.8) is 0 Å². The molecule has 0 unspecified atom stereocenters. The highest BCUT2D eigenvalue weighted by molar-refractivity contribution is 7.92. The summed E-state index contributed by atoms with van der Waals surface area (Å²) in [4.78, 5) is 13.5. The number of hydrogen-bond acceptors (Lipinski definition) is 4. The fourth-order valence-corrected chi connectivity index (χ4v) is 5.65. The topological polar surface area (TPSA) is 75.3 Å². The van der Waals surface area contributed by atoms with Crippen LogP contribution in [0.25, 0.3) is 10.1 Å². The van der Waals surface area contributed by atoms with Crippen LogP contribution in [0.2, 0.25) is 0 Å². The number of sulfonamides is 1. The molecule has 0 radical (unpaired) electrons. The van der Waals surface area contributed by atoms with Crippen molar-refractivity contribution in [2.24, 2.45) is 0 Å². The summed E-state index contributed by atoms with van der Waals surface area (Å²) in [6, 6.07) is 21.4. The number of thiophene rings is 1. The molecule has 5 rings (SSSR count). The van der Waals surface area contributed by atoms with Gasteiger partial charge < -0.3 is 5.32 Å². The Hall–Kier alpha value is -3.23. The van der Waals surface area contributed by atoms with Crippen molar-refractivity contribution >= 4 is 48.7 Å². The van der Waals surface area contributed by atoms with Crippen LogP contribution in [0.1, 0.15) is 33.6 Å². The van der Waals surface area contributed by atoms with Gasteiger partial charge in [0.05, 0.1) is 11.1 Å². The number of hydrogen-bond donors (Lipinski definition) is 2. The number of benzene rings is 3. The molecule has 1 saturated carbocycles. The van der Waals surface area contributed by atoms with E-state index >= 15 is 0 Å². The molecule has 3 aromatic carbocycles. The van der Waals surface area contributed by atoms with Gasteiger partial charge in [0.25, 0.3) is 5.91 Å². The van der Waals surface area contributed by atoms with Crippen LogP contribution in [0.5, 0.6) is 0 Å². The first-order chi connectivity index (χ1) is 15.7. The number of amides is 1. The summed E-state index contributed by atoms with van der Waals surface area (Å²) in [5.74, 6) is -0.476. The normalized spacial score (nSPS) is 14.7. The van der Waals surface area contributed by atoms with Crippen molar-refractivity contribution in [1.29, 1.82) is 0 Å². The van der Waals surface area contributed by atoms with Gasteiger partial charge in [0.1, 0.15) is 5.82 Å². The van der Waals surface area contributed by atoms with Crippen molar-refractivity contribution in [2.45, 2.75) is 18.3 Å². The second-order valence-corrected chi connectivity index (χ2v) is 11.2. The highest BCUT2D eigenvalue weighted by Gasteiger charge is 2.45. The van der Waals surface area contributed by atoms with E-state index in [2.05, 4.69) is 10.0 Å². The third-order valence-electron chi connectivity index (χ3n) is 5.86. The maximum absolute atomic E-state index is 13.4. The molecule has 1 aliphatic rings. The molecule has 0 atom stereocenters. The van der Waals surface area contributed by atoms with Gasteiger partial charge in [-0.15, -0.1) is 11.3 Å². The van der Waals surface area contributed by atoms with Crippen molar-refractivity contribution in [1.82, 2.24) is 0 Å². The van der Waals surface area contributed by atoms with Crippen molar-refractivity contribution in [2.75, 3.05) is 16.3 Å². The van der Waals surface area contributed by atoms with Crippen molar-refractivity contribution in [3.05, 3.63) is 94.6 Å². The maximum atomic E-state index is 13.4. The molecule has 1 aromatic heterocycles. The van der Waals surface area contributed by atoms with Gasteiger partial charge in [-0.05, 0) is 77.9 Å². The largest absolute Gasteiger partial charge is 0.321 e. The fraction of sp³-hybridized carbons (Fsp3) is 0.160. The minimum Gasteiger partial charge on any atom is -0.321 e. The van der Waals surface area contributed by atoms with E-state index in [0.717, 1.165) is 40.3 Å². The molecule has 1 aliphatic carbocycles. The van der Waals surface area contributed by atoms with E-state index in [1.165, 1.54) is 23.5 Å². The number of carbonyl (C=O) groups is 1. The average Bonchev–Trinajstić information content (AvgIpc) is 3.46. The average molecular weight is 481 g/mol. The molecule has 33 heavy (non-hydrogen) atoms.